The van der Waals surface area contributed by atoms with E-state index in [-0.39, 0.29) is 0 Å². The fraction of sp³-hybridized carbons (Fsp3) is 0.733. The molecule has 0 amide bonds. The van der Waals surface area contributed by atoms with Crippen LogP contribution >= 0.6 is 11.3 Å². The van der Waals surface area contributed by atoms with E-state index in [1.54, 1.807) is 7.11 Å². The van der Waals surface area contributed by atoms with Gasteiger partial charge in [0.25, 0.3) is 0 Å². The lowest BCUT2D eigenvalue weighted by atomic mass is 10.1. The molecule has 1 rings (SSSR count). The largest absolute Gasteiger partial charge is 0.383 e. The Hall–Kier alpha value is -0.420. The number of hydrogen-bond donors (Lipinski definition) is 1. The van der Waals surface area contributed by atoms with Gasteiger partial charge in [0, 0.05) is 42.5 Å². The van der Waals surface area contributed by atoms with Gasteiger partial charge in [-0.15, -0.1) is 11.3 Å². The Morgan fingerprint density at radius 3 is 2.53 bits per heavy atom. The van der Waals surface area contributed by atoms with Crippen LogP contribution in [0.2, 0.25) is 0 Å². The third kappa shape index (κ3) is 4.88. The Morgan fingerprint density at radius 1 is 1.37 bits per heavy atom. The van der Waals surface area contributed by atoms with E-state index in [4.69, 9.17) is 10.5 Å². The summed E-state index contributed by atoms with van der Waals surface area (Å²) in [5.41, 5.74) is 7.16. The lowest BCUT2D eigenvalue weighted by molar-refractivity contribution is 0.110. The summed E-state index contributed by atoms with van der Waals surface area (Å²) in [6.07, 6.45) is 2.38. The zero-order chi connectivity index (χ0) is 14.3. The normalized spacial score (nSPS) is 11.7. The lowest BCUT2D eigenvalue weighted by Crippen LogP contribution is -2.36. The maximum absolute atomic E-state index is 5.73. The van der Waals surface area contributed by atoms with Gasteiger partial charge in [-0.1, -0.05) is 13.8 Å². The van der Waals surface area contributed by atoms with Crippen LogP contribution in [0.25, 0.3) is 0 Å². The first-order valence-electron chi connectivity index (χ1n) is 7.17. The van der Waals surface area contributed by atoms with Crippen molar-refractivity contribution in [3.63, 3.8) is 0 Å². The Morgan fingerprint density at radius 2 is 2.05 bits per heavy atom. The maximum Gasteiger partial charge on any atom is 0.0589 e. The van der Waals surface area contributed by atoms with Gasteiger partial charge < -0.3 is 10.5 Å². The molecule has 0 aliphatic carbocycles. The maximum atomic E-state index is 5.73. The van der Waals surface area contributed by atoms with E-state index in [2.05, 4.69) is 31.7 Å². The average molecular weight is 284 g/mol. The zero-order valence-corrected chi connectivity index (χ0v) is 13.6. The number of aryl methyl sites for hydroxylation is 1. The Kier molecular flexibility index (Phi) is 7.61. The molecule has 0 atom stereocenters. The summed E-state index contributed by atoms with van der Waals surface area (Å²) in [5.74, 6) is 0. The van der Waals surface area contributed by atoms with Crippen LogP contribution in [0.5, 0.6) is 0 Å². The molecule has 2 N–H and O–H groups in total. The minimum atomic E-state index is 0.635. The minimum absolute atomic E-state index is 0.635. The fourth-order valence-corrected chi connectivity index (χ4v) is 3.40. The van der Waals surface area contributed by atoms with E-state index >= 15 is 0 Å². The molecule has 0 bridgehead atoms. The summed E-state index contributed by atoms with van der Waals surface area (Å²) in [5, 5.41) is 0. The van der Waals surface area contributed by atoms with Crippen LogP contribution in [0.15, 0.2) is 6.07 Å². The predicted octanol–water partition coefficient (Wildman–Crippen LogP) is 3.15. The van der Waals surface area contributed by atoms with E-state index in [9.17, 15) is 0 Å². The van der Waals surface area contributed by atoms with Crippen LogP contribution < -0.4 is 5.73 Å². The highest BCUT2D eigenvalue weighted by Crippen LogP contribution is 2.24. The van der Waals surface area contributed by atoms with Crippen LogP contribution in [0.4, 0.5) is 0 Å². The summed E-state index contributed by atoms with van der Waals surface area (Å²) in [7, 11) is 1.77. The topological polar surface area (TPSA) is 38.5 Å². The summed E-state index contributed by atoms with van der Waals surface area (Å²) < 4.78 is 5.25. The number of ether oxygens (including phenoxy) is 1. The molecule has 4 heteroatoms. The average Bonchev–Trinajstić information content (AvgIpc) is 2.77. The van der Waals surface area contributed by atoms with Gasteiger partial charge in [-0.3, -0.25) is 4.90 Å². The molecule has 3 nitrogen and oxygen atoms in total. The molecule has 0 saturated heterocycles. The van der Waals surface area contributed by atoms with E-state index in [1.165, 1.54) is 28.2 Å². The second-order valence-corrected chi connectivity index (χ2v) is 6.27. The zero-order valence-electron chi connectivity index (χ0n) is 12.7. The monoisotopic (exact) mass is 284 g/mol. The van der Waals surface area contributed by atoms with E-state index in [0.29, 0.717) is 12.6 Å². The molecule has 0 aromatic carbocycles. The van der Waals surface area contributed by atoms with Crippen molar-refractivity contribution in [2.24, 2.45) is 5.73 Å². The number of nitrogens with two attached hydrogens (primary N) is 1. The van der Waals surface area contributed by atoms with Crippen molar-refractivity contribution in [3.8, 4) is 0 Å². The van der Waals surface area contributed by atoms with Crippen LogP contribution in [0.1, 0.15) is 42.0 Å². The Bertz CT molecular complexity index is 361. The predicted molar refractivity (Wildman–Crippen MR) is 83.6 cm³/mol. The van der Waals surface area contributed by atoms with Gasteiger partial charge in [-0.05, 0) is 31.4 Å². The first kappa shape index (κ1) is 16.6. The quantitative estimate of drug-likeness (QED) is 0.757. The minimum Gasteiger partial charge on any atom is -0.383 e. The molecular formula is C15H28N2OS. The van der Waals surface area contributed by atoms with Gasteiger partial charge >= 0.3 is 0 Å². The number of methoxy groups -OCH3 is 1. The van der Waals surface area contributed by atoms with Crippen molar-refractivity contribution >= 4 is 11.3 Å². The molecule has 0 saturated carbocycles. The second-order valence-electron chi connectivity index (χ2n) is 4.93. The summed E-state index contributed by atoms with van der Waals surface area (Å²) in [6.45, 7) is 10.2. The molecule has 1 heterocycles. The molecule has 0 spiro atoms. The van der Waals surface area contributed by atoms with Gasteiger partial charge in [-0.25, -0.2) is 0 Å². The smallest absolute Gasteiger partial charge is 0.0589 e. The summed E-state index contributed by atoms with van der Waals surface area (Å²) in [4.78, 5) is 5.22. The molecular weight excluding hydrogens is 256 g/mol. The molecule has 0 aliphatic heterocycles. The third-order valence-corrected chi connectivity index (χ3v) is 4.80. The Balaban J connectivity index is 2.77. The molecule has 0 unspecified atom stereocenters. The van der Waals surface area contributed by atoms with Crippen LogP contribution in [-0.4, -0.2) is 31.2 Å². The molecule has 1 aromatic heterocycles. The molecule has 19 heavy (non-hydrogen) atoms. The van der Waals surface area contributed by atoms with Crippen molar-refractivity contribution in [1.29, 1.82) is 0 Å². The van der Waals surface area contributed by atoms with E-state index in [0.717, 1.165) is 19.7 Å². The highest BCUT2D eigenvalue weighted by atomic mass is 32.1. The van der Waals surface area contributed by atoms with Gasteiger partial charge in [0.1, 0.15) is 0 Å². The van der Waals surface area contributed by atoms with Gasteiger partial charge in [0.05, 0.1) is 6.61 Å². The first-order valence-corrected chi connectivity index (χ1v) is 7.99. The molecule has 0 aliphatic rings. The van der Waals surface area contributed by atoms with Crippen molar-refractivity contribution in [2.75, 3.05) is 20.3 Å². The van der Waals surface area contributed by atoms with Crippen LogP contribution in [0.3, 0.4) is 0 Å². The van der Waals surface area contributed by atoms with Crippen LogP contribution in [-0.2, 0) is 17.8 Å². The molecule has 0 fully saturated rings. The van der Waals surface area contributed by atoms with E-state index in [1.807, 2.05) is 11.3 Å². The number of hydrogen-bond acceptors (Lipinski definition) is 4. The molecule has 1 aromatic rings. The first-order chi connectivity index (χ1) is 9.15. The van der Waals surface area contributed by atoms with Crippen LogP contribution in [0, 0.1) is 6.92 Å². The standard InChI is InChI=1S/C15H28N2OS/c1-5-14(6-2)17(7-8-18-4)11-13-9-15(10-16)19-12(13)3/h9,14H,5-8,10-11,16H2,1-4H3. The number of nitrogens with zero attached hydrogens (tertiary/aromatic N) is 1. The van der Waals surface area contributed by atoms with Crippen molar-refractivity contribution in [3.05, 3.63) is 21.4 Å². The number of rotatable bonds is 9. The van der Waals surface area contributed by atoms with Crippen molar-refractivity contribution in [1.82, 2.24) is 4.90 Å². The lowest BCUT2D eigenvalue weighted by Gasteiger charge is -2.30. The highest BCUT2D eigenvalue weighted by Gasteiger charge is 2.17. The number of thiophene rings is 1. The van der Waals surface area contributed by atoms with Crippen molar-refractivity contribution in [2.45, 2.75) is 52.7 Å². The molecule has 110 valence electrons. The fourth-order valence-electron chi connectivity index (χ4n) is 2.47. The second kappa shape index (κ2) is 8.69. The highest BCUT2D eigenvalue weighted by molar-refractivity contribution is 7.12. The van der Waals surface area contributed by atoms with E-state index < -0.39 is 0 Å². The summed E-state index contributed by atoms with van der Waals surface area (Å²) in [6, 6.07) is 2.90. The van der Waals surface area contributed by atoms with Gasteiger partial charge in [0.15, 0.2) is 0 Å². The SMILES string of the molecule is CCC(CC)N(CCOC)Cc1cc(CN)sc1C. The summed E-state index contributed by atoms with van der Waals surface area (Å²) >= 11 is 1.82. The molecule has 0 radical (unpaired) electrons. The third-order valence-electron chi connectivity index (χ3n) is 3.69. The van der Waals surface area contributed by atoms with Gasteiger partial charge in [0.2, 0.25) is 0 Å². The van der Waals surface area contributed by atoms with Crippen molar-refractivity contribution < 1.29 is 4.74 Å². The van der Waals surface area contributed by atoms with Gasteiger partial charge in [-0.2, -0.15) is 0 Å². The Labute approximate surface area is 121 Å².